The summed E-state index contributed by atoms with van der Waals surface area (Å²) in [6, 6.07) is 20.7. The Balaban J connectivity index is 1.08. The van der Waals surface area contributed by atoms with Gasteiger partial charge in [-0.15, -0.1) is 0 Å². The van der Waals surface area contributed by atoms with E-state index in [1.54, 1.807) is 17.0 Å². The number of fused-ring (bicyclic) bond motifs is 3. The average molecular weight is 694 g/mol. The summed E-state index contributed by atoms with van der Waals surface area (Å²) in [7, 11) is -2.77. The lowest BCUT2D eigenvalue weighted by molar-refractivity contribution is 0.0606. The number of sulfonamides is 1. The Labute approximate surface area is 286 Å². The van der Waals surface area contributed by atoms with Crippen molar-refractivity contribution in [2.75, 3.05) is 26.7 Å². The zero-order valence-electron chi connectivity index (χ0n) is 27.2. The van der Waals surface area contributed by atoms with E-state index in [2.05, 4.69) is 39.4 Å². The Morgan fingerprint density at radius 2 is 1.75 bits per heavy atom. The number of amides is 1. The molecular weight excluding hydrogens is 653 g/mol. The van der Waals surface area contributed by atoms with Gasteiger partial charge in [-0.3, -0.25) is 14.5 Å². The van der Waals surface area contributed by atoms with Crippen molar-refractivity contribution in [3.63, 3.8) is 0 Å². The topological polar surface area (TPSA) is 96.8 Å². The Bertz CT molecular complexity index is 1930. The lowest BCUT2D eigenvalue weighted by Gasteiger charge is -2.45. The van der Waals surface area contributed by atoms with Gasteiger partial charge >= 0.3 is 0 Å². The predicted molar refractivity (Wildman–Crippen MR) is 183 cm³/mol. The molecule has 3 aromatic carbocycles. The van der Waals surface area contributed by atoms with Crippen LogP contribution in [-0.4, -0.2) is 72.5 Å². The van der Waals surface area contributed by atoms with Crippen LogP contribution in [0.3, 0.4) is 0 Å². The maximum absolute atomic E-state index is 14.6. The van der Waals surface area contributed by atoms with Gasteiger partial charge in [0.2, 0.25) is 0 Å². The third-order valence-corrected chi connectivity index (χ3v) is 12.6. The minimum atomic E-state index is -3.97. The number of nitrogens with zero attached hydrogens (tertiary/aromatic N) is 4. The fraction of sp³-hybridized carbons (Fsp3) is 0.444. The van der Waals surface area contributed by atoms with Crippen LogP contribution < -0.4 is 4.89 Å². The van der Waals surface area contributed by atoms with Crippen molar-refractivity contribution in [2.45, 2.75) is 80.3 Å². The Morgan fingerprint density at radius 3 is 2.46 bits per heavy atom. The molecule has 9 nitrogen and oxygen atoms in total. The Kier molecular flexibility index (Phi) is 9.10. The molecule has 1 N–H and O–H groups in total. The van der Waals surface area contributed by atoms with Gasteiger partial charge in [0.15, 0.2) is 0 Å². The normalized spacial score (nSPS) is 22.8. The van der Waals surface area contributed by atoms with Gasteiger partial charge in [0.1, 0.15) is 11.6 Å². The summed E-state index contributed by atoms with van der Waals surface area (Å²) in [6.45, 7) is 3.91. The fourth-order valence-corrected chi connectivity index (χ4v) is 9.63. The number of imidazole rings is 1. The van der Waals surface area contributed by atoms with Crippen LogP contribution in [0.2, 0.25) is 5.02 Å². The van der Waals surface area contributed by atoms with Crippen LogP contribution in [-0.2, 0) is 20.3 Å². The van der Waals surface area contributed by atoms with E-state index in [4.69, 9.17) is 16.6 Å². The molecule has 3 fully saturated rings. The molecule has 1 aromatic heterocycles. The van der Waals surface area contributed by atoms with Crippen molar-refractivity contribution in [1.29, 1.82) is 0 Å². The highest BCUT2D eigenvalue weighted by Gasteiger charge is 2.44. The van der Waals surface area contributed by atoms with Crippen LogP contribution in [0.15, 0.2) is 71.6 Å². The van der Waals surface area contributed by atoms with Crippen molar-refractivity contribution in [3.05, 3.63) is 94.5 Å². The SMILES string of the molecule is CONS(=O)(=O)c1ccc(Cl)c(C(=O)N2CCC(CCN3[C@@H]4CC[C@H]3C[C@@H](n3c(C)nc5ccccc53)C4)(c3cccc(F)c3)CC2)c1. The van der Waals surface area contributed by atoms with E-state index in [1.165, 1.54) is 49.7 Å². The molecule has 3 aliphatic rings. The van der Waals surface area contributed by atoms with Gasteiger partial charge in [-0.2, -0.15) is 0 Å². The molecule has 0 aliphatic carbocycles. The Hall–Kier alpha value is -3.35. The van der Waals surface area contributed by atoms with Gasteiger partial charge in [-0.05, 0) is 112 Å². The standard InChI is InChI=1S/C36H41ClFN5O4S/c1-24-39-33-8-3-4-9-34(33)43(24)29-21-27-10-11-28(22-29)42(27)19-16-36(25-6-5-7-26(38)20-25)14-17-41(18-15-36)35(44)31-23-30(12-13-32(31)37)48(45,46)40-47-2/h3-9,12-13,20,23,27-29,40H,10-11,14-19,21-22H2,1-2H3/t27-,28+,29+. The highest BCUT2D eigenvalue weighted by molar-refractivity contribution is 7.89. The van der Waals surface area contributed by atoms with E-state index in [0.29, 0.717) is 44.1 Å². The molecule has 0 spiro atoms. The highest BCUT2D eigenvalue weighted by atomic mass is 35.5. The van der Waals surface area contributed by atoms with Gasteiger partial charge < -0.3 is 9.47 Å². The van der Waals surface area contributed by atoms with Gasteiger partial charge in [-0.1, -0.05) is 40.8 Å². The second-order valence-corrected chi connectivity index (χ2v) is 15.6. The largest absolute Gasteiger partial charge is 0.339 e. The molecule has 4 heterocycles. The number of carbonyl (C=O) groups is 1. The molecule has 3 aliphatic heterocycles. The molecule has 4 aromatic rings. The maximum atomic E-state index is 14.6. The zero-order chi connectivity index (χ0) is 33.6. The molecule has 12 heteroatoms. The summed E-state index contributed by atoms with van der Waals surface area (Å²) < 4.78 is 42.1. The highest BCUT2D eigenvalue weighted by Crippen LogP contribution is 2.45. The molecule has 0 radical (unpaired) electrons. The summed E-state index contributed by atoms with van der Waals surface area (Å²) >= 11 is 6.41. The van der Waals surface area contributed by atoms with Gasteiger partial charge in [0, 0.05) is 31.2 Å². The van der Waals surface area contributed by atoms with Gasteiger partial charge in [0.05, 0.1) is 33.6 Å². The number of rotatable bonds is 9. The van der Waals surface area contributed by atoms with Crippen molar-refractivity contribution in [3.8, 4) is 0 Å². The Morgan fingerprint density at radius 1 is 1.02 bits per heavy atom. The number of aromatic nitrogens is 2. The summed E-state index contributed by atoms with van der Waals surface area (Å²) in [5, 5.41) is 0.177. The summed E-state index contributed by atoms with van der Waals surface area (Å²) in [5.41, 5.74) is 3.04. The smallest absolute Gasteiger partial charge is 0.262 e. The minimum Gasteiger partial charge on any atom is -0.339 e. The molecule has 0 unspecified atom stereocenters. The average Bonchev–Trinajstić information content (AvgIpc) is 3.53. The van der Waals surface area contributed by atoms with E-state index < -0.39 is 10.0 Å². The van der Waals surface area contributed by atoms with E-state index in [9.17, 15) is 17.6 Å². The van der Waals surface area contributed by atoms with Gasteiger partial charge in [-0.25, -0.2) is 17.8 Å². The number of halogens is 2. The molecule has 3 atom stereocenters. The number of benzene rings is 3. The number of para-hydroxylation sites is 2. The van der Waals surface area contributed by atoms with Crippen molar-refractivity contribution >= 4 is 38.6 Å². The molecule has 254 valence electrons. The zero-order valence-corrected chi connectivity index (χ0v) is 28.8. The molecular formula is C36H41ClFN5O4S. The molecule has 48 heavy (non-hydrogen) atoms. The molecule has 2 bridgehead atoms. The first-order valence-corrected chi connectivity index (χ1v) is 18.5. The summed E-state index contributed by atoms with van der Waals surface area (Å²) in [6.07, 6.45) is 6.71. The van der Waals surface area contributed by atoms with Crippen molar-refractivity contribution in [2.24, 2.45) is 0 Å². The first-order valence-electron chi connectivity index (χ1n) is 16.7. The van der Waals surface area contributed by atoms with E-state index >= 15 is 0 Å². The first kappa shape index (κ1) is 33.2. The van der Waals surface area contributed by atoms with E-state index in [1.807, 2.05) is 17.0 Å². The van der Waals surface area contributed by atoms with Crippen LogP contribution in [0.4, 0.5) is 4.39 Å². The van der Waals surface area contributed by atoms with Crippen molar-refractivity contribution < 1.29 is 22.4 Å². The second kappa shape index (κ2) is 13.2. The number of likely N-dealkylation sites (tertiary alicyclic amines) is 1. The predicted octanol–water partition coefficient (Wildman–Crippen LogP) is 6.41. The maximum Gasteiger partial charge on any atom is 0.262 e. The first-order chi connectivity index (χ1) is 23.1. The molecule has 1 amide bonds. The molecule has 0 saturated carbocycles. The summed E-state index contributed by atoms with van der Waals surface area (Å²) in [4.78, 5) is 29.4. The molecule has 7 rings (SSSR count). The number of nitrogens with one attached hydrogen (secondary N) is 1. The number of aryl methyl sites for hydroxylation is 1. The number of hydrogen-bond acceptors (Lipinski definition) is 6. The third kappa shape index (κ3) is 6.15. The minimum absolute atomic E-state index is 0.113. The van der Waals surface area contributed by atoms with Crippen LogP contribution in [0, 0.1) is 12.7 Å². The quantitative estimate of drug-likeness (QED) is 0.204. The number of piperidine rings is 2. The van der Waals surface area contributed by atoms with E-state index in [-0.39, 0.29) is 32.6 Å². The fourth-order valence-electron chi connectivity index (χ4n) is 8.59. The van der Waals surface area contributed by atoms with Crippen LogP contribution in [0.5, 0.6) is 0 Å². The summed E-state index contributed by atoms with van der Waals surface area (Å²) in [5.74, 6) is 0.482. The number of hydrogen-bond donors (Lipinski definition) is 1. The third-order valence-electron chi connectivity index (χ3n) is 11.0. The van der Waals surface area contributed by atoms with Gasteiger partial charge in [0.25, 0.3) is 15.9 Å². The van der Waals surface area contributed by atoms with Crippen LogP contribution in [0.25, 0.3) is 11.0 Å². The van der Waals surface area contributed by atoms with E-state index in [0.717, 1.165) is 42.7 Å². The lowest BCUT2D eigenvalue weighted by Crippen LogP contribution is -2.49. The van der Waals surface area contributed by atoms with Crippen molar-refractivity contribution in [1.82, 2.24) is 24.2 Å². The second-order valence-electron chi connectivity index (χ2n) is 13.5. The number of carbonyl (C=O) groups excluding carboxylic acids is 1. The van der Waals surface area contributed by atoms with Crippen LogP contribution in [0.1, 0.15) is 72.7 Å². The monoisotopic (exact) mass is 693 g/mol. The molecule has 3 saturated heterocycles. The lowest BCUT2D eigenvalue weighted by atomic mass is 9.70. The van der Waals surface area contributed by atoms with Crippen LogP contribution >= 0.6 is 11.6 Å².